The third kappa shape index (κ3) is 3.62. The summed E-state index contributed by atoms with van der Waals surface area (Å²) >= 11 is 0. The van der Waals surface area contributed by atoms with E-state index in [1.54, 1.807) is 12.1 Å². The van der Waals surface area contributed by atoms with Crippen LogP contribution in [0.5, 0.6) is 5.75 Å². The zero-order valence-electron chi connectivity index (χ0n) is 9.06. The second-order valence-corrected chi connectivity index (χ2v) is 3.66. The fraction of sp³-hybridized carbons (Fsp3) is 0.417. The lowest BCUT2D eigenvalue weighted by Gasteiger charge is -2.09. The quantitative estimate of drug-likeness (QED) is 0.773. The molecule has 1 rings (SSSR count). The topological polar surface area (TPSA) is 46.5 Å². The summed E-state index contributed by atoms with van der Waals surface area (Å²) in [6.45, 7) is 4.49. The number of hydrogen-bond donors (Lipinski definition) is 1. The fourth-order valence-corrected chi connectivity index (χ4v) is 1.05. The van der Waals surface area contributed by atoms with Crippen molar-refractivity contribution in [3.05, 3.63) is 29.8 Å². The smallest absolute Gasteiger partial charge is 0.338 e. The van der Waals surface area contributed by atoms with Gasteiger partial charge in [-0.05, 0) is 24.1 Å². The molecule has 1 N–H and O–H groups in total. The van der Waals surface area contributed by atoms with E-state index < -0.39 is 0 Å². The van der Waals surface area contributed by atoms with E-state index in [1.165, 1.54) is 12.1 Å². The Balaban J connectivity index is 2.54. The van der Waals surface area contributed by atoms with Gasteiger partial charge in [-0.25, -0.2) is 4.79 Å². The first-order valence-electron chi connectivity index (χ1n) is 5.09. The van der Waals surface area contributed by atoms with Gasteiger partial charge in [-0.1, -0.05) is 26.3 Å². The maximum absolute atomic E-state index is 11.5. The molecule has 0 aliphatic heterocycles. The lowest BCUT2D eigenvalue weighted by Crippen LogP contribution is -2.11. The Morgan fingerprint density at radius 1 is 1.53 bits per heavy atom. The van der Waals surface area contributed by atoms with E-state index >= 15 is 0 Å². The van der Waals surface area contributed by atoms with Crippen LogP contribution in [0, 0.1) is 5.92 Å². The highest BCUT2D eigenvalue weighted by atomic mass is 16.5. The van der Waals surface area contributed by atoms with E-state index in [0.29, 0.717) is 18.1 Å². The first-order valence-corrected chi connectivity index (χ1v) is 5.09. The molecular formula is C12H16O3. The average Bonchev–Trinajstić information content (AvgIpc) is 2.25. The fourth-order valence-electron chi connectivity index (χ4n) is 1.05. The van der Waals surface area contributed by atoms with Crippen LogP contribution in [-0.4, -0.2) is 17.7 Å². The summed E-state index contributed by atoms with van der Waals surface area (Å²) in [4.78, 5) is 11.5. The maximum atomic E-state index is 11.5. The van der Waals surface area contributed by atoms with Crippen LogP contribution in [0.25, 0.3) is 0 Å². The standard InChI is InChI=1S/C12H16O3/c1-3-9(2)8-15-12(14)10-5-4-6-11(13)7-10/h4-7,9,13H,3,8H2,1-2H3. The Hall–Kier alpha value is -1.51. The number of esters is 1. The van der Waals surface area contributed by atoms with Gasteiger partial charge >= 0.3 is 5.97 Å². The zero-order chi connectivity index (χ0) is 11.3. The summed E-state index contributed by atoms with van der Waals surface area (Å²) < 4.78 is 5.09. The molecule has 3 heteroatoms. The Morgan fingerprint density at radius 3 is 2.87 bits per heavy atom. The van der Waals surface area contributed by atoms with E-state index in [2.05, 4.69) is 0 Å². The van der Waals surface area contributed by atoms with E-state index in [0.717, 1.165) is 6.42 Å². The van der Waals surface area contributed by atoms with Crippen molar-refractivity contribution in [3.63, 3.8) is 0 Å². The van der Waals surface area contributed by atoms with Crippen molar-refractivity contribution in [2.45, 2.75) is 20.3 Å². The highest BCUT2D eigenvalue weighted by Crippen LogP contribution is 2.12. The number of aromatic hydroxyl groups is 1. The third-order valence-electron chi connectivity index (χ3n) is 2.28. The normalized spacial score (nSPS) is 12.1. The summed E-state index contributed by atoms with van der Waals surface area (Å²) in [6, 6.07) is 6.16. The minimum atomic E-state index is -0.383. The highest BCUT2D eigenvalue weighted by Gasteiger charge is 2.09. The van der Waals surface area contributed by atoms with Gasteiger partial charge in [-0.2, -0.15) is 0 Å². The molecule has 1 atom stereocenters. The minimum absolute atomic E-state index is 0.0768. The number of phenols is 1. The van der Waals surface area contributed by atoms with E-state index in [9.17, 15) is 9.90 Å². The van der Waals surface area contributed by atoms with Gasteiger partial charge in [0.1, 0.15) is 5.75 Å². The van der Waals surface area contributed by atoms with Crippen molar-refractivity contribution in [1.82, 2.24) is 0 Å². The monoisotopic (exact) mass is 208 g/mol. The van der Waals surface area contributed by atoms with Gasteiger partial charge in [0, 0.05) is 0 Å². The average molecular weight is 208 g/mol. The van der Waals surface area contributed by atoms with Crippen molar-refractivity contribution in [3.8, 4) is 5.75 Å². The van der Waals surface area contributed by atoms with Crippen LogP contribution in [0.4, 0.5) is 0 Å². The van der Waals surface area contributed by atoms with Crippen molar-refractivity contribution >= 4 is 5.97 Å². The van der Waals surface area contributed by atoms with Crippen molar-refractivity contribution in [2.75, 3.05) is 6.61 Å². The molecule has 0 aliphatic rings. The van der Waals surface area contributed by atoms with Crippen LogP contribution >= 0.6 is 0 Å². The van der Waals surface area contributed by atoms with Gasteiger partial charge in [-0.3, -0.25) is 0 Å². The molecule has 0 bridgehead atoms. The molecule has 0 heterocycles. The number of carbonyl (C=O) groups is 1. The molecule has 1 unspecified atom stereocenters. The van der Waals surface area contributed by atoms with Crippen LogP contribution < -0.4 is 0 Å². The van der Waals surface area contributed by atoms with E-state index in [-0.39, 0.29) is 11.7 Å². The van der Waals surface area contributed by atoms with E-state index in [4.69, 9.17) is 4.74 Å². The zero-order valence-corrected chi connectivity index (χ0v) is 9.06. The number of benzene rings is 1. The molecule has 0 saturated heterocycles. The molecule has 0 spiro atoms. The van der Waals surface area contributed by atoms with Gasteiger partial charge in [0.05, 0.1) is 12.2 Å². The molecule has 0 aromatic heterocycles. The Bertz CT molecular complexity index is 333. The molecule has 1 aromatic rings. The van der Waals surface area contributed by atoms with Gasteiger partial charge in [0.25, 0.3) is 0 Å². The van der Waals surface area contributed by atoms with Gasteiger partial charge in [-0.15, -0.1) is 0 Å². The van der Waals surface area contributed by atoms with Crippen molar-refractivity contribution in [1.29, 1.82) is 0 Å². The number of phenolic OH excluding ortho intramolecular Hbond substituents is 1. The Kier molecular flexibility index (Phi) is 4.16. The Labute approximate surface area is 89.7 Å². The molecule has 0 radical (unpaired) electrons. The van der Waals surface area contributed by atoms with Crippen LogP contribution in [0.15, 0.2) is 24.3 Å². The number of carbonyl (C=O) groups excluding carboxylic acids is 1. The molecular weight excluding hydrogens is 192 g/mol. The van der Waals surface area contributed by atoms with Crippen LogP contribution in [-0.2, 0) is 4.74 Å². The summed E-state index contributed by atoms with van der Waals surface area (Å²) in [7, 11) is 0. The van der Waals surface area contributed by atoms with Crippen LogP contribution in [0.1, 0.15) is 30.6 Å². The molecule has 0 amide bonds. The minimum Gasteiger partial charge on any atom is -0.508 e. The summed E-state index contributed by atoms with van der Waals surface area (Å²) in [6.07, 6.45) is 0.979. The molecule has 82 valence electrons. The third-order valence-corrected chi connectivity index (χ3v) is 2.28. The molecule has 15 heavy (non-hydrogen) atoms. The second-order valence-electron chi connectivity index (χ2n) is 3.66. The molecule has 1 aromatic carbocycles. The van der Waals surface area contributed by atoms with Crippen molar-refractivity contribution in [2.24, 2.45) is 5.92 Å². The number of rotatable bonds is 4. The van der Waals surface area contributed by atoms with Crippen LogP contribution in [0.2, 0.25) is 0 Å². The van der Waals surface area contributed by atoms with Gasteiger partial charge < -0.3 is 9.84 Å². The molecule has 0 fully saturated rings. The van der Waals surface area contributed by atoms with E-state index in [1.807, 2.05) is 13.8 Å². The SMILES string of the molecule is CCC(C)COC(=O)c1cccc(O)c1. The lowest BCUT2D eigenvalue weighted by atomic mass is 10.1. The Morgan fingerprint density at radius 2 is 2.27 bits per heavy atom. The summed E-state index contributed by atoms with van der Waals surface area (Å²) in [5, 5.41) is 9.18. The highest BCUT2D eigenvalue weighted by molar-refractivity contribution is 5.89. The predicted molar refractivity (Wildman–Crippen MR) is 57.8 cm³/mol. The molecule has 0 aliphatic carbocycles. The molecule has 3 nitrogen and oxygen atoms in total. The maximum Gasteiger partial charge on any atom is 0.338 e. The predicted octanol–water partition coefficient (Wildman–Crippen LogP) is 2.60. The number of hydrogen-bond acceptors (Lipinski definition) is 3. The van der Waals surface area contributed by atoms with Crippen LogP contribution in [0.3, 0.4) is 0 Å². The first kappa shape index (κ1) is 11.6. The lowest BCUT2D eigenvalue weighted by molar-refractivity contribution is 0.0446. The first-order chi connectivity index (χ1) is 7.13. The molecule has 0 saturated carbocycles. The van der Waals surface area contributed by atoms with Gasteiger partial charge in [0.15, 0.2) is 0 Å². The summed E-state index contributed by atoms with van der Waals surface area (Å²) in [5.74, 6) is 0.0606. The van der Waals surface area contributed by atoms with Gasteiger partial charge in [0.2, 0.25) is 0 Å². The second kappa shape index (κ2) is 5.39. The summed E-state index contributed by atoms with van der Waals surface area (Å²) in [5.41, 5.74) is 0.387. The van der Waals surface area contributed by atoms with Crippen molar-refractivity contribution < 1.29 is 14.6 Å². The number of ether oxygens (including phenoxy) is 1. The largest absolute Gasteiger partial charge is 0.508 e.